The van der Waals surface area contributed by atoms with Crippen LogP contribution in [0.25, 0.3) is 6.08 Å². The van der Waals surface area contributed by atoms with Crippen LogP contribution in [0.15, 0.2) is 17.8 Å². The fraction of sp³-hybridized carbons (Fsp3) is 0.500. The number of hydrogen-bond donors (Lipinski definition) is 2. The van der Waals surface area contributed by atoms with Gasteiger partial charge in [0.05, 0.1) is 4.92 Å². The highest BCUT2D eigenvalue weighted by molar-refractivity contribution is 5.70. The molecule has 0 radical (unpaired) electrons. The first-order chi connectivity index (χ1) is 10.5. The molecule has 2 aliphatic carbocycles. The molecule has 22 heavy (non-hydrogen) atoms. The van der Waals surface area contributed by atoms with E-state index >= 15 is 0 Å². The number of benzene rings is 1. The molecule has 6 heteroatoms. The molecular weight excluding hydrogens is 286 g/mol. The van der Waals surface area contributed by atoms with Gasteiger partial charge in [-0.3, -0.25) is 10.1 Å². The van der Waals surface area contributed by atoms with E-state index in [0.29, 0.717) is 24.0 Å². The Morgan fingerprint density at radius 1 is 1.27 bits per heavy atom. The number of hydrogen-bond acceptors (Lipinski definition) is 5. The predicted molar refractivity (Wildman–Crippen MR) is 80.3 cm³/mol. The van der Waals surface area contributed by atoms with Crippen LogP contribution in [0.3, 0.4) is 0 Å². The number of rotatable bonds is 2. The van der Waals surface area contributed by atoms with Gasteiger partial charge in [0.25, 0.3) is 5.70 Å². The molecule has 1 saturated carbocycles. The van der Waals surface area contributed by atoms with E-state index in [0.717, 1.165) is 19.3 Å². The van der Waals surface area contributed by atoms with E-state index in [9.17, 15) is 20.3 Å². The maximum Gasteiger partial charge on any atom is 0.279 e. The molecule has 0 heterocycles. The smallest absolute Gasteiger partial charge is 0.279 e. The van der Waals surface area contributed by atoms with E-state index in [1.807, 2.05) is 0 Å². The second-order valence-corrected chi connectivity index (χ2v) is 5.96. The second-order valence-electron chi connectivity index (χ2n) is 5.96. The average molecular weight is 305 g/mol. The summed E-state index contributed by atoms with van der Waals surface area (Å²) < 4.78 is 5.69. The lowest BCUT2D eigenvalue weighted by Gasteiger charge is -2.39. The van der Waals surface area contributed by atoms with Gasteiger partial charge in [0.2, 0.25) is 0 Å². The molecule has 1 aromatic carbocycles. The zero-order valence-corrected chi connectivity index (χ0v) is 12.4. The van der Waals surface area contributed by atoms with E-state index in [1.165, 1.54) is 25.3 Å². The molecule has 3 rings (SSSR count). The molecule has 2 aliphatic rings. The third-order valence-electron chi connectivity index (χ3n) is 4.97. The summed E-state index contributed by atoms with van der Waals surface area (Å²) in [6.45, 7) is 0. The van der Waals surface area contributed by atoms with Crippen molar-refractivity contribution >= 4 is 6.08 Å². The molecule has 118 valence electrons. The molecule has 0 bridgehead atoms. The Morgan fingerprint density at radius 3 is 2.68 bits per heavy atom. The van der Waals surface area contributed by atoms with Crippen molar-refractivity contribution in [3.05, 3.63) is 39.1 Å². The van der Waals surface area contributed by atoms with Crippen molar-refractivity contribution in [2.24, 2.45) is 0 Å². The highest BCUT2D eigenvalue weighted by Crippen LogP contribution is 2.54. The van der Waals surface area contributed by atoms with Gasteiger partial charge >= 0.3 is 0 Å². The topological polar surface area (TPSA) is 92.8 Å². The molecule has 2 N–H and O–H groups in total. The van der Waals surface area contributed by atoms with Crippen LogP contribution in [0.1, 0.15) is 49.1 Å². The third kappa shape index (κ3) is 1.98. The van der Waals surface area contributed by atoms with Crippen molar-refractivity contribution in [1.29, 1.82) is 0 Å². The molecule has 1 fully saturated rings. The standard InChI is InChI=1S/C16H19NO5/c1-22-16-8-4-2-3-5-11(16)15-10(9-14(16)17(20)21)12(18)6-7-13(15)19/h6-7,9,11,18-19H,2-5,8H2,1H3/t11-,16+/m1/s1. The molecule has 0 aromatic heterocycles. The van der Waals surface area contributed by atoms with Gasteiger partial charge < -0.3 is 14.9 Å². The molecule has 6 nitrogen and oxygen atoms in total. The first-order valence-electron chi connectivity index (χ1n) is 7.48. The number of phenolic OH excluding ortho intramolecular Hbond substituents is 2. The summed E-state index contributed by atoms with van der Waals surface area (Å²) >= 11 is 0. The number of nitrogens with zero attached hydrogens (tertiary/aromatic N) is 1. The van der Waals surface area contributed by atoms with Crippen LogP contribution in [-0.2, 0) is 4.74 Å². The van der Waals surface area contributed by atoms with Crippen LogP contribution in [0.5, 0.6) is 11.5 Å². The largest absolute Gasteiger partial charge is 0.508 e. The fourth-order valence-corrected chi connectivity index (χ4v) is 3.95. The van der Waals surface area contributed by atoms with Gasteiger partial charge in [-0.25, -0.2) is 0 Å². The molecule has 0 saturated heterocycles. The molecule has 1 aromatic rings. The SMILES string of the molecule is CO[C@@]12CCCCC[C@@H]1c1c(O)ccc(O)c1C=C2[N+](=O)[O-]. The van der Waals surface area contributed by atoms with Gasteiger partial charge in [-0.05, 0) is 31.4 Å². The van der Waals surface area contributed by atoms with E-state index in [1.54, 1.807) is 0 Å². The molecule has 0 spiro atoms. The molecular formula is C16H19NO5. The van der Waals surface area contributed by atoms with Crippen molar-refractivity contribution in [2.45, 2.75) is 43.6 Å². The number of phenols is 2. The van der Waals surface area contributed by atoms with Crippen molar-refractivity contribution in [3.63, 3.8) is 0 Å². The predicted octanol–water partition coefficient (Wildman–Crippen LogP) is 3.16. The molecule has 0 amide bonds. The van der Waals surface area contributed by atoms with E-state index in [4.69, 9.17) is 4.74 Å². The van der Waals surface area contributed by atoms with Gasteiger partial charge in [-0.15, -0.1) is 0 Å². The summed E-state index contributed by atoms with van der Waals surface area (Å²) in [5.74, 6) is -0.326. The Hall–Kier alpha value is -2.08. The normalized spacial score (nSPS) is 27.3. The van der Waals surface area contributed by atoms with Crippen LogP contribution >= 0.6 is 0 Å². The first-order valence-corrected chi connectivity index (χ1v) is 7.48. The summed E-state index contributed by atoms with van der Waals surface area (Å²) in [4.78, 5) is 11.2. The third-order valence-corrected chi connectivity index (χ3v) is 4.97. The van der Waals surface area contributed by atoms with Crippen molar-refractivity contribution in [1.82, 2.24) is 0 Å². The Morgan fingerprint density at radius 2 is 2.00 bits per heavy atom. The minimum absolute atomic E-state index is 0.0321. The van der Waals surface area contributed by atoms with Gasteiger partial charge in [0, 0.05) is 30.2 Å². The van der Waals surface area contributed by atoms with E-state index < -0.39 is 10.5 Å². The van der Waals surface area contributed by atoms with Crippen LogP contribution < -0.4 is 0 Å². The number of fused-ring (bicyclic) bond motifs is 3. The monoisotopic (exact) mass is 305 g/mol. The highest BCUT2D eigenvalue weighted by Gasteiger charge is 2.54. The fourth-order valence-electron chi connectivity index (χ4n) is 3.95. The molecule has 0 unspecified atom stereocenters. The lowest BCUT2D eigenvalue weighted by atomic mass is 9.70. The van der Waals surface area contributed by atoms with E-state index in [-0.39, 0.29) is 23.1 Å². The lowest BCUT2D eigenvalue weighted by molar-refractivity contribution is -0.445. The van der Waals surface area contributed by atoms with Crippen LogP contribution in [0.2, 0.25) is 0 Å². The number of aromatic hydroxyl groups is 2. The summed E-state index contributed by atoms with van der Waals surface area (Å²) in [6, 6.07) is 2.79. The van der Waals surface area contributed by atoms with Crippen molar-refractivity contribution in [2.75, 3.05) is 7.11 Å². The average Bonchev–Trinajstić information content (AvgIpc) is 2.72. The Balaban J connectivity index is 2.32. The summed E-state index contributed by atoms with van der Waals surface area (Å²) in [7, 11) is 1.49. The summed E-state index contributed by atoms with van der Waals surface area (Å²) in [5.41, 5.74) is -0.172. The number of methoxy groups -OCH3 is 1. The minimum Gasteiger partial charge on any atom is -0.508 e. The minimum atomic E-state index is -1.04. The number of ether oxygens (including phenoxy) is 1. The highest BCUT2D eigenvalue weighted by atomic mass is 16.6. The van der Waals surface area contributed by atoms with Gasteiger partial charge in [-0.2, -0.15) is 0 Å². The molecule has 2 atom stereocenters. The zero-order chi connectivity index (χ0) is 15.9. The van der Waals surface area contributed by atoms with Gasteiger partial charge in [0.1, 0.15) is 11.5 Å². The van der Waals surface area contributed by atoms with Gasteiger partial charge in [-0.1, -0.05) is 12.8 Å². The van der Waals surface area contributed by atoms with Crippen LogP contribution in [0, 0.1) is 10.1 Å². The second kappa shape index (κ2) is 5.28. The number of nitro groups is 1. The Bertz CT molecular complexity index is 654. The van der Waals surface area contributed by atoms with Crippen LogP contribution in [0.4, 0.5) is 0 Å². The Labute approximate surface area is 128 Å². The Kier molecular flexibility index (Phi) is 3.56. The van der Waals surface area contributed by atoms with Gasteiger partial charge in [0.15, 0.2) is 5.60 Å². The first kappa shape index (κ1) is 14.8. The van der Waals surface area contributed by atoms with Crippen molar-refractivity contribution in [3.8, 4) is 11.5 Å². The summed E-state index contributed by atoms with van der Waals surface area (Å²) in [6.07, 6.45) is 5.30. The maximum absolute atomic E-state index is 11.6. The van der Waals surface area contributed by atoms with Crippen LogP contribution in [-0.4, -0.2) is 27.8 Å². The van der Waals surface area contributed by atoms with Crippen molar-refractivity contribution < 1.29 is 19.9 Å². The van der Waals surface area contributed by atoms with E-state index in [2.05, 4.69) is 0 Å². The zero-order valence-electron chi connectivity index (χ0n) is 12.4. The summed E-state index contributed by atoms with van der Waals surface area (Å²) in [5, 5.41) is 32.0. The quantitative estimate of drug-likeness (QED) is 0.497. The molecule has 0 aliphatic heterocycles. The maximum atomic E-state index is 11.6. The lowest BCUT2D eigenvalue weighted by Crippen LogP contribution is -2.44.